The highest BCUT2D eigenvalue weighted by molar-refractivity contribution is 5.66. The topological polar surface area (TPSA) is 67.8 Å². The van der Waals surface area contributed by atoms with Crippen molar-refractivity contribution in [2.24, 2.45) is 0 Å². The van der Waals surface area contributed by atoms with E-state index in [2.05, 4.69) is 5.48 Å². The molecule has 0 atom stereocenters. The van der Waals surface area contributed by atoms with Crippen LogP contribution in [0.1, 0.15) is 47.5 Å². The first kappa shape index (κ1) is 15.2. The number of hydrogen-bond donors (Lipinski definition) is 2. The first-order valence-corrected chi connectivity index (χ1v) is 5.55. The minimum atomic E-state index is -0.894. The summed E-state index contributed by atoms with van der Waals surface area (Å²) in [5.74, 6) is 0. The van der Waals surface area contributed by atoms with Crippen LogP contribution in [0.5, 0.6) is 0 Å². The molecule has 0 aromatic rings. The van der Waals surface area contributed by atoms with Gasteiger partial charge in [0.05, 0.1) is 5.60 Å². The van der Waals surface area contributed by atoms with Gasteiger partial charge < -0.3 is 9.84 Å². The molecule has 0 aromatic heterocycles. The zero-order valence-electron chi connectivity index (χ0n) is 10.8. The number of hydrogen-bond acceptors (Lipinski definition) is 4. The summed E-state index contributed by atoms with van der Waals surface area (Å²) in [5.41, 5.74) is 0.692. The van der Waals surface area contributed by atoms with Gasteiger partial charge in [-0.15, -0.1) is 0 Å². The summed E-state index contributed by atoms with van der Waals surface area (Å²) in [6.07, 6.45) is 0.487. The minimum Gasteiger partial charge on any atom is -0.442 e. The van der Waals surface area contributed by atoms with Crippen molar-refractivity contribution in [1.82, 2.24) is 5.48 Å². The van der Waals surface area contributed by atoms with Crippen LogP contribution in [0.2, 0.25) is 0 Å². The second-order valence-corrected chi connectivity index (χ2v) is 4.82. The van der Waals surface area contributed by atoms with Crippen LogP contribution < -0.4 is 5.48 Å². The molecule has 0 aliphatic heterocycles. The second-order valence-electron chi connectivity index (χ2n) is 4.82. The van der Waals surface area contributed by atoms with Crippen LogP contribution in [0.4, 0.5) is 4.79 Å². The third-order valence-corrected chi connectivity index (χ3v) is 2.21. The highest BCUT2D eigenvalue weighted by Gasteiger charge is 2.23. The van der Waals surface area contributed by atoms with E-state index >= 15 is 0 Å². The van der Waals surface area contributed by atoms with Gasteiger partial charge in [0, 0.05) is 0 Å². The highest BCUT2D eigenvalue weighted by atomic mass is 16.7. The van der Waals surface area contributed by atoms with Crippen molar-refractivity contribution in [3.63, 3.8) is 0 Å². The third-order valence-electron chi connectivity index (χ3n) is 2.21. The first-order valence-electron chi connectivity index (χ1n) is 5.55. The summed E-state index contributed by atoms with van der Waals surface area (Å²) < 4.78 is 4.96. The lowest BCUT2D eigenvalue weighted by Crippen LogP contribution is -2.39. The number of carbonyl (C=O) groups excluding carboxylic acids is 1. The molecule has 0 fully saturated rings. The van der Waals surface area contributed by atoms with Crippen LogP contribution in [0.25, 0.3) is 0 Å². The molecular weight excluding hydrogens is 210 g/mol. The van der Waals surface area contributed by atoms with Gasteiger partial charge in [0.2, 0.25) is 0 Å². The normalized spacial score (nSPS) is 12.4. The van der Waals surface area contributed by atoms with E-state index in [4.69, 9.17) is 9.57 Å². The van der Waals surface area contributed by atoms with E-state index in [-0.39, 0.29) is 6.61 Å². The van der Waals surface area contributed by atoms with Crippen molar-refractivity contribution >= 4 is 6.09 Å². The molecule has 0 radical (unpaired) electrons. The van der Waals surface area contributed by atoms with Crippen molar-refractivity contribution in [2.75, 3.05) is 6.61 Å². The Balaban J connectivity index is 3.86. The molecular formula is C11H23NO4. The lowest BCUT2D eigenvalue weighted by molar-refractivity contribution is -0.0852. The maximum absolute atomic E-state index is 11.2. The van der Waals surface area contributed by atoms with Crippen LogP contribution in [0.3, 0.4) is 0 Å². The molecule has 0 aliphatic rings. The van der Waals surface area contributed by atoms with Gasteiger partial charge >= 0.3 is 6.09 Å². The number of ether oxygens (including phenoxy) is 1. The predicted molar refractivity (Wildman–Crippen MR) is 60.9 cm³/mol. The van der Waals surface area contributed by atoms with E-state index in [0.717, 1.165) is 0 Å². The van der Waals surface area contributed by atoms with Gasteiger partial charge in [-0.25, -0.2) is 4.79 Å². The number of amides is 1. The number of aliphatic hydroxyl groups is 1. The number of rotatable bonds is 5. The summed E-state index contributed by atoms with van der Waals surface area (Å²) >= 11 is 0. The molecule has 0 unspecified atom stereocenters. The van der Waals surface area contributed by atoms with E-state index in [1.165, 1.54) is 0 Å². The molecule has 0 aliphatic carbocycles. The van der Waals surface area contributed by atoms with Gasteiger partial charge in [-0.2, -0.15) is 5.48 Å². The monoisotopic (exact) mass is 233 g/mol. The van der Waals surface area contributed by atoms with Gasteiger partial charge in [0.15, 0.2) is 0 Å². The van der Waals surface area contributed by atoms with Crippen LogP contribution in [0.15, 0.2) is 0 Å². The average molecular weight is 233 g/mol. The number of nitrogens with one attached hydrogen (secondary N) is 1. The van der Waals surface area contributed by atoms with Crippen LogP contribution >= 0.6 is 0 Å². The van der Waals surface area contributed by atoms with Gasteiger partial charge in [0.25, 0.3) is 0 Å². The zero-order chi connectivity index (χ0) is 12.8. The fourth-order valence-electron chi connectivity index (χ4n) is 0.982. The molecule has 0 bridgehead atoms. The molecule has 0 aromatic carbocycles. The Morgan fingerprint density at radius 2 is 1.75 bits per heavy atom. The van der Waals surface area contributed by atoms with Gasteiger partial charge in [-0.1, -0.05) is 13.8 Å². The summed E-state index contributed by atoms with van der Waals surface area (Å²) in [6, 6.07) is 0. The molecule has 5 heteroatoms. The van der Waals surface area contributed by atoms with E-state index in [1.807, 2.05) is 13.8 Å². The van der Waals surface area contributed by atoms with E-state index in [0.29, 0.717) is 12.8 Å². The smallest absolute Gasteiger partial charge is 0.431 e. The molecule has 16 heavy (non-hydrogen) atoms. The van der Waals surface area contributed by atoms with Crippen molar-refractivity contribution in [1.29, 1.82) is 0 Å². The molecule has 1 amide bonds. The van der Waals surface area contributed by atoms with Gasteiger partial charge in [-0.05, 0) is 33.6 Å². The molecule has 5 nitrogen and oxygen atoms in total. The van der Waals surface area contributed by atoms with Crippen LogP contribution in [-0.4, -0.2) is 29.0 Å². The zero-order valence-corrected chi connectivity index (χ0v) is 10.8. The second kappa shape index (κ2) is 6.06. The van der Waals surface area contributed by atoms with Gasteiger partial charge in [0.1, 0.15) is 12.2 Å². The summed E-state index contributed by atoms with van der Waals surface area (Å²) in [6.45, 7) is 9.07. The Labute approximate surface area is 97.1 Å². The summed E-state index contributed by atoms with van der Waals surface area (Å²) in [5, 5.41) is 9.86. The molecule has 0 saturated carbocycles. The molecule has 0 heterocycles. The number of carbonyl (C=O) groups is 1. The molecule has 96 valence electrons. The Bertz CT molecular complexity index is 219. The van der Waals surface area contributed by atoms with Crippen molar-refractivity contribution in [2.45, 2.75) is 58.7 Å². The lowest BCUT2D eigenvalue weighted by atomic mass is 9.99. The summed E-state index contributed by atoms with van der Waals surface area (Å²) in [4.78, 5) is 16.1. The fraction of sp³-hybridized carbons (Fsp3) is 0.909. The predicted octanol–water partition coefficient (Wildman–Crippen LogP) is 1.99. The van der Waals surface area contributed by atoms with Crippen molar-refractivity contribution in [3.05, 3.63) is 0 Å². The highest BCUT2D eigenvalue weighted by Crippen LogP contribution is 2.14. The maximum atomic E-state index is 11.2. The first-order chi connectivity index (χ1) is 7.22. The van der Waals surface area contributed by atoms with E-state index < -0.39 is 17.3 Å². The minimum absolute atomic E-state index is 0.0548. The fourth-order valence-corrected chi connectivity index (χ4v) is 0.982. The van der Waals surface area contributed by atoms with Crippen LogP contribution in [0, 0.1) is 0 Å². The average Bonchev–Trinajstić information content (AvgIpc) is 2.14. The Morgan fingerprint density at radius 3 is 2.12 bits per heavy atom. The number of hydroxylamine groups is 1. The SMILES string of the molecule is CCC(O)(CC)CONC(=O)OC(C)(C)C. The Hall–Kier alpha value is -0.810. The summed E-state index contributed by atoms with van der Waals surface area (Å²) in [7, 11) is 0. The lowest BCUT2D eigenvalue weighted by Gasteiger charge is -2.25. The van der Waals surface area contributed by atoms with Crippen molar-refractivity contribution in [3.8, 4) is 0 Å². The maximum Gasteiger partial charge on any atom is 0.431 e. The molecule has 0 spiro atoms. The Morgan fingerprint density at radius 1 is 1.25 bits per heavy atom. The van der Waals surface area contributed by atoms with Gasteiger partial charge in [-0.3, -0.25) is 4.84 Å². The molecule has 2 N–H and O–H groups in total. The standard InChI is InChI=1S/C11H23NO4/c1-6-11(14,7-2)8-15-12-9(13)16-10(3,4)5/h14H,6-8H2,1-5H3,(H,12,13). The van der Waals surface area contributed by atoms with E-state index in [9.17, 15) is 9.90 Å². The largest absolute Gasteiger partial charge is 0.442 e. The van der Waals surface area contributed by atoms with E-state index in [1.54, 1.807) is 20.8 Å². The van der Waals surface area contributed by atoms with Crippen LogP contribution in [-0.2, 0) is 9.57 Å². The Kier molecular flexibility index (Phi) is 5.75. The molecule has 0 saturated heterocycles. The van der Waals surface area contributed by atoms with Crippen molar-refractivity contribution < 1.29 is 19.5 Å². The third kappa shape index (κ3) is 6.63. The quantitative estimate of drug-likeness (QED) is 0.713. The molecule has 0 rings (SSSR count).